The van der Waals surface area contributed by atoms with Gasteiger partial charge in [0.05, 0.1) is 16.3 Å². The van der Waals surface area contributed by atoms with Crippen LogP contribution in [0.5, 0.6) is 0 Å². The van der Waals surface area contributed by atoms with E-state index < -0.39 is 58.3 Å². The number of carboxylic acid groups (broad SMARTS) is 1. The molecule has 0 radical (unpaired) electrons. The van der Waals surface area contributed by atoms with Gasteiger partial charge in [-0.25, -0.2) is 9.18 Å². The number of hydrogen-bond acceptors (Lipinski definition) is 5. The summed E-state index contributed by atoms with van der Waals surface area (Å²) in [7, 11) is 0. The minimum Gasteiger partial charge on any atom is -0.480 e. The van der Waals surface area contributed by atoms with Crippen molar-refractivity contribution in [2.24, 2.45) is 16.9 Å². The van der Waals surface area contributed by atoms with Gasteiger partial charge in [0.15, 0.2) is 0 Å². The largest absolute Gasteiger partial charge is 0.480 e. The van der Waals surface area contributed by atoms with E-state index in [1.165, 1.54) is 35.2 Å². The van der Waals surface area contributed by atoms with Crippen LogP contribution >= 0.6 is 23.2 Å². The Kier molecular flexibility index (Phi) is 7.43. The number of hydrogen-bond donors (Lipinski definition) is 4. The van der Waals surface area contributed by atoms with E-state index in [9.17, 15) is 28.7 Å². The van der Waals surface area contributed by atoms with Crippen molar-refractivity contribution in [3.8, 4) is 0 Å². The molecule has 9 nitrogen and oxygen atoms in total. The predicted octanol–water partition coefficient (Wildman–Crippen LogP) is 5.08. The lowest BCUT2D eigenvalue weighted by molar-refractivity contribution is -0.139. The summed E-state index contributed by atoms with van der Waals surface area (Å²) in [5.74, 6) is -5.43. The van der Waals surface area contributed by atoms with Crippen LogP contribution in [0, 0.1) is 11.2 Å². The zero-order valence-corrected chi connectivity index (χ0v) is 25.0. The molecule has 0 aromatic heterocycles. The van der Waals surface area contributed by atoms with Gasteiger partial charge in [-0.2, -0.15) is 0 Å². The van der Waals surface area contributed by atoms with Crippen LogP contribution in [0.1, 0.15) is 65.0 Å². The van der Waals surface area contributed by atoms with Crippen molar-refractivity contribution >= 4 is 58.3 Å². The normalized spacial score (nSPS) is 22.9. The molecule has 224 valence electrons. The van der Waals surface area contributed by atoms with Crippen molar-refractivity contribution in [1.29, 1.82) is 0 Å². The van der Waals surface area contributed by atoms with Gasteiger partial charge >= 0.3 is 5.97 Å². The van der Waals surface area contributed by atoms with Gasteiger partial charge in [-0.15, -0.1) is 0 Å². The fourth-order valence-corrected chi connectivity index (χ4v) is 7.04. The summed E-state index contributed by atoms with van der Waals surface area (Å²) in [4.78, 5) is 54.4. The second-order valence-corrected chi connectivity index (χ2v) is 12.9. The summed E-state index contributed by atoms with van der Waals surface area (Å²) in [6.45, 7) is 5.80. The van der Waals surface area contributed by atoms with Crippen LogP contribution in [0.4, 0.5) is 15.8 Å². The summed E-state index contributed by atoms with van der Waals surface area (Å²) in [6, 6.07) is 10.2. The smallest absolute Gasteiger partial charge is 0.327 e. The van der Waals surface area contributed by atoms with E-state index >= 15 is 0 Å². The highest BCUT2D eigenvalue weighted by atomic mass is 35.5. The van der Waals surface area contributed by atoms with Gasteiger partial charge in [0.25, 0.3) is 5.91 Å². The van der Waals surface area contributed by atoms with Crippen molar-refractivity contribution in [1.82, 2.24) is 0 Å². The molecule has 1 unspecified atom stereocenters. The fraction of sp³-hybridized carbons (Fsp3) is 0.290. The van der Waals surface area contributed by atoms with Crippen LogP contribution in [0.2, 0.25) is 10.0 Å². The number of benzene rings is 3. The number of halogens is 3. The molecular formula is C31H29Cl2FN4O5. The highest BCUT2D eigenvalue weighted by molar-refractivity contribution is 6.31. The molecule has 3 aromatic rings. The average molecular weight is 628 g/mol. The molecule has 12 heteroatoms. The summed E-state index contributed by atoms with van der Waals surface area (Å²) in [5.41, 5.74) is 10.3. The molecular weight excluding hydrogens is 598 g/mol. The van der Waals surface area contributed by atoms with E-state index in [1.807, 2.05) is 20.8 Å². The number of amides is 3. The molecule has 0 saturated carbocycles. The number of carbonyl (C=O) groups excluding carboxylic acids is 3. The molecule has 43 heavy (non-hydrogen) atoms. The lowest BCUT2D eigenvalue weighted by atomic mass is 9.62. The maximum absolute atomic E-state index is 14.5. The Labute approximate surface area is 256 Å². The number of rotatable bonds is 6. The van der Waals surface area contributed by atoms with Gasteiger partial charge < -0.3 is 26.8 Å². The Morgan fingerprint density at radius 2 is 1.72 bits per heavy atom. The Morgan fingerprint density at radius 3 is 2.30 bits per heavy atom. The average Bonchev–Trinajstić information content (AvgIpc) is 3.36. The first-order valence-electron chi connectivity index (χ1n) is 13.4. The zero-order valence-electron chi connectivity index (χ0n) is 23.5. The maximum atomic E-state index is 14.5. The minimum absolute atomic E-state index is 0.00373. The van der Waals surface area contributed by atoms with Crippen LogP contribution in [0.15, 0.2) is 54.6 Å². The quantitative estimate of drug-likeness (QED) is 0.299. The third-order valence-electron chi connectivity index (χ3n) is 8.21. The van der Waals surface area contributed by atoms with E-state index in [0.29, 0.717) is 16.3 Å². The lowest BCUT2D eigenvalue weighted by Gasteiger charge is -2.40. The molecule has 2 aliphatic rings. The maximum Gasteiger partial charge on any atom is 0.327 e. The minimum atomic E-state index is -1.62. The van der Waals surface area contributed by atoms with Crippen LogP contribution < -0.4 is 21.7 Å². The lowest BCUT2D eigenvalue weighted by Crippen LogP contribution is -2.51. The highest BCUT2D eigenvalue weighted by Crippen LogP contribution is 2.61. The van der Waals surface area contributed by atoms with Gasteiger partial charge in [0.1, 0.15) is 17.3 Å². The molecule has 2 heterocycles. The molecule has 4 atom stereocenters. The number of nitrogens with one attached hydrogen (secondary N) is 1. The van der Waals surface area contributed by atoms with Crippen molar-refractivity contribution in [3.05, 3.63) is 92.7 Å². The summed E-state index contributed by atoms with van der Waals surface area (Å²) in [6.07, 6.45) is 0.233. The van der Waals surface area contributed by atoms with Crippen molar-refractivity contribution in [2.45, 2.75) is 50.6 Å². The summed E-state index contributed by atoms with van der Waals surface area (Å²) < 4.78 is 14.4. The molecule has 0 aliphatic carbocycles. The monoisotopic (exact) mass is 626 g/mol. The third kappa shape index (κ3) is 4.88. The first kappa shape index (κ1) is 30.3. The standard InChI is InChI=1S/C31H29Cl2FN4O5/c1-30(2,3)13-23-31(18-8-6-16(32)12-21(18)37-29(31)43)24(14-5-9-20(34)19(33)10-14)25(28(41)42)38(23)22-11-15(26(35)39)4-7-17(22)27(36)40/h4-12,23-25H,13H2,1-3H3,(H2,35,39)(H2,36,40)(H,37,43)(H,41,42)/t23-,24-,25+,31?/m0/s1. The molecule has 0 bridgehead atoms. The number of carbonyl (C=O) groups is 4. The van der Waals surface area contributed by atoms with Gasteiger partial charge in [-0.1, -0.05) is 56.1 Å². The van der Waals surface area contributed by atoms with Gasteiger partial charge in [0, 0.05) is 28.2 Å². The number of nitrogens with zero attached hydrogens (tertiary/aromatic N) is 1. The molecule has 1 spiro atoms. The molecule has 3 amide bonds. The summed E-state index contributed by atoms with van der Waals surface area (Å²) >= 11 is 12.5. The fourth-order valence-electron chi connectivity index (χ4n) is 6.67. The molecule has 1 saturated heterocycles. The van der Waals surface area contributed by atoms with E-state index in [4.69, 9.17) is 34.7 Å². The number of carboxylic acids is 1. The van der Waals surface area contributed by atoms with Crippen LogP contribution in [0.3, 0.4) is 0 Å². The molecule has 1 fully saturated rings. The van der Waals surface area contributed by atoms with Crippen LogP contribution in [-0.2, 0) is 15.0 Å². The predicted molar refractivity (Wildman–Crippen MR) is 161 cm³/mol. The number of fused-ring (bicyclic) bond motifs is 2. The van der Waals surface area contributed by atoms with E-state index in [1.54, 1.807) is 18.2 Å². The number of nitrogens with two attached hydrogens (primary N) is 2. The van der Waals surface area contributed by atoms with Crippen molar-refractivity contribution < 1.29 is 28.7 Å². The second kappa shape index (κ2) is 10.5. The van der Waals surface area contributed by atoms with E-state index in [0.717, 1.165) is 6.07 Å². The SMILES string of the molecule is CC(C)(C)C[C@@H]1N(c2cc(C(N)=O)ccc2C(N)=O)[C@@H](C(=O)O)[C@H](c2ccc(F)c(Cl)c2)C12C(=O)Nc1cc(Cl)ccc12. The Morgan fingerprint density at radius 1 is 1.02 bits per heavy atom. The summed E-state index contributed by atoms with van der Waals surface area (Å²) in [5, 5.41) is 13.9. The van der Waals surface area contributed by atoms with Crippen LogP contribution in [-0.4, -0.2) is 40.9 Å². The molecule has 5 rings (SSSR count). The first-order valence-corrected chi connectivity index (χ1v) is 14.1. The van der Waals surface area contributed by atoms with Crippen molar-refractivity contribution in [3.63, 3.8) is 0 Å². The topological polar surface area (TPSA) is 156 Å². The molecule has 3 aromatic carbocycles. The van der Waals surface area contributed by atoms with Gasteiger partial charge in [-0.3, -0.25) is 14.4 Å². The van der Waals surface area contributed by atoms with Crippen molar-refractivity contribution in [2.75, 3.05) is 10.2 Å². The zero-order chi connectivity index (χ0) is 31.6. The number of aliphatic carboxylic acids is 1. The Balaban J connectivity index is 1.96. The molecule has 2 aliphatic heterocycles. The second-order valence-electron chi connectivity index (χ2n) is 12.1. The van der Waals surface area contributed by atoms with Gasteiger partial charge in [0.2, 0.25) is 11.8 Å². The first-order chi connectivity index (χ1) is 20.1. The number of primary amides is 2. The highest BCUT2D eigenvalue weighted by Gasteiger charge is 2.69. The number of anilines is 2. The van der Waals surface area contributed by atoms with E-state index in [2.05, 4.69) is 5.32 Å². The van der Waals surface area contributed by atoms with Gasteiger partial charge in [-0.05, 0) is 65.4 Å². The third-order valence-corrected chi connectivity index (χ3v) is 8.73. The van der Waals surface area contributed by atoms with Crippen LogP contribution in [0.25, 0.3) is 0 Å². The van der Waals surface area contributed by atoms with E-state index in [-0.39, 0.29) is 33.8 Å². The Hall–Kier alpha value is -4.15. The molecule has 6 N–H and O–H groups in total. The Bertz CT molecular complexity index is 1710.